The van der Waals surface area contributed by atoms with Crippen LogP contribution in [0.2, 0.25) is 0 Å². The third-order valence-electron chi connectivity index (χ3n) is 10.8. The molecule has 1 saturated heterocycles. The maximum atomic E-state index is 14.5. The van der Waals surface area contributed by atoms with Crippen molar-refractivity contribution >= 4 is 35.8 Å². The number of nitrogens with one attached hydrogen (secondary N) is 4. The molecule has 3 heterocycles. The van der Waals surface area contributed by atoms with E-state index in [9.17, 15) is 37.5 Å². The van der Waals surface area contributed by atoms with Crippen molar-refractivity contribution in [1.82, 2.24) is 31.1 Å². The maximum absolute atomic E-state index is 14.5. The first-order chi connectivity index (χ1) is 27.1. The Labute approximate surface area is 330 Å². The summed E-state index contributed by atoms with van der Waals surface area (Å²) < 4.78 is 39.6. The first-order valence-corrected chi connectivity index (χ1v) is 19.4. The van der Waals surface area contributed by atoms with Crippen molar-refractivity contribution in [2.24, 2.45) is 5.92 Å². The van der Waals surface area contributed by atoms with E-state index in [1.165, 1.54) is 47.2 Å². The molecule has 3 aliphatic heterocycles. The number of nitrogens with zero attached hydrogens (tertiary/aromatic N) is 2. The van der Waals surface area contributed by atoms with Gasteiger partial charge >= 0.3 is 12.2 Å². The Bertz CT molecular complexity index is 1920. The number of hydrogen-bond acceptors (Lipinski definition) is 8. The fourth-order valence-corrected chi connectivity index (χ4v) is 7.70. The van der Waals surface area contributed by atoms with Gasteiger partial charge in [0.25, 0.3) is 0 Å². The summed E-state index contributed by atoms with van der Waals surface area (Å²) in [6.07, 6.45) is 4.25. The summed E-state index contributed by atoms with van der Waals surface area (Å²) in [6, 6.07) is 6.17. The molecule has 0 bridgehead atoms. The Morgan fingerprint density at radius 1 is 1.00 bits per heavy atom. The lowest BCUT2D eigenvalue weighted by atomic mass is 10.0. The van der Waals surface area contributed by atoms with Crippen LogP contribution in [0, 0.1) is 17.6 Å². The van der Waals surface area contributed by atoms with E-state index in [1.54, 1.807) is 32.9 Å². The van der Waals surface area contributed by atoms with E-state index in [-0.39, 0.29) is 38.9 Å². The number of alkyl carbamates (subject to hydrolysis) is 1. The molecular formula is C41H50F2N6O8. The van der Waals surface area contributed by atoms with Gasteiger partial charge in [0.15, 0.2) is 0 Å². The van der Waals surface area contributed by atoms with Crippen LogP contribution in [0.1, 0.15) is 88.4 Å². The van der Waals surface area contributed by atoms with Gasteiger partial charge in [-0.05, 0) is 75.8 Å². The monoisotopic (exact) mass is 792 g/mol. The lowest BCUT2D eigenvalue weighted by molar-refractivity contribution is -0.141. The SMILES string of the molecule is CNC(=O)[C@H](NC(=O)[C@@]12C[C@H]1/C=C\CCCCC[C@H](NC(=O)OC(C)(C)C)C(=O)N1C[C@H](OC(=O)N3Cc4cccc(F)c4C3)C[C@H]1C(=O)N2)c1ccc(F)cc1. The van der Waals surface area contributed by atoms with E-state index in [4.69, 9.17) is 9.47 Å². The highest BCUT2D eigenvalue weighted by atomic mass is 19.1. The Kier molecular flexibility index (Phi) is 12.2. The van der Waals surface area contributed by atoms with Crippen molar-refractivity contribution in [1.29, 1.82) is 0 Å². The smallest absolute Gasteiger partial charge is 0.410 e. The molecule has 0 radical (unpaired) electrons. The predicted molar refractivity (Wildman–Crippen MR) is 202 cm³/mol. The minimum atomic E-state index is -1.51. The van der Waals surface area contributed by atoms with Crippen LogP contribution in [-0.4, -0.2) is 88.5 Å². The summed E-state index contributed by atoms with van der Waals surface area (Å²) >= 11 is 0. The fourth-order valence-electron chi connectivity index (χ4n) is 7.70. The van der Waals surface area contributed by atoms with Gasteiger partial charge in [-0.3, -0.25) is 24.1 Å². The molecule has 6 atom stereocenters. The number of allylic oxidation sites excluding steroid dienone is 1. The number of carbonyl (C=O) groups excluding carboxylic acids is 6. The van der Waals surface area contributed by atoms with Gasteiger partial charge in [-0.25, -0.2) is 18.4 Å². The molecule has 2 aromatic carbocycles. The molecule has 6 amide bonds. The molecule has 0 unspecified atom stereocenters. The van der Waals surface area contributed by atoms with E-state index >= 15 is 0 Å². The minimum absolute atomic E-state index is 0.0104. The van der Waals surface area contributed by atoms with Gasteiger partial charge in [0.2, 0.25) is 23.6 Å². The standard InChI is InChI=1S/C41H50F2N6O8/c1-40(2,3)57-38(54)45-31-14-9-7-5-6-8-12-26-20-41(26,37(53)46-33(35(51)44-4)24-15-17-27(42)18-16-24)47-34(50)32-19-28(22-49(32)36(31)52)56-39(55)48-21-25-11-10-13-30(43)29(25)23-48/h8,10-13,15-18,26,28,31-33H,5-7,9,14,19-23H2,1-4H3,(H,44,51)(H,45,54)(H,46,53)(H,47,50)/b12-8-/t26-,28-,31+,32+,33-,41-/m1/s1. The van der Waals surface area contributed by atoms with E-state index in [0.29, 0.717) is 36.0 Å². The van der Waals surface area contributed by atoms with Gasteiger partial charge in [-0.1, -0.05) is 49.3 Å². The van der Waals surface area contributed by atoms with Crippen molar-refractivity contribution in [3.05, 3.63) is 82.9 Å². The Morgan fingerprint density at radius 2 is 1.75 bits per heavy atom. The van der Waals surface area contributed by atoms with Gasteiger partial charge in [0.1, 0.15) is 47.0 Å². The van der Waals surface area contributed by atoms with Crippen molar-refractivity contribution < 1.29 is 47.0 Å². The summed E-state index contributed by atoms with van der Waals surface area (Å²) in [5, 5.41) is 10.8. The van der Waals surface area contributed by atoms with Crippen molar-refractivity contribution in [3.63, 3.8) is 0 Å². The predicted octanol–water partition coefficient (Wildman–Crippen LogP) is 4.28. The number of rotatable bonds is 6. The highest BCUT2D eigenvalue weighted by molar-refractivity contribution is 6.00. The third kappa shape index (κ3) is 9.54. The van der Waals surface area contributed by atoms with Crippen LogP contribution in [0.25, 0.3) is 0 Å². The fraction of sp³-hybridized carbons (Fsp3) is 0.512. The molecule has 0 aromatic heterocycles. The number of hydrogen-bond donors (Lipinski definition) is 4. The normalized spacial score (nSPS) is 25.9. The minimum Gasteiger partial charge on any atom is -0.444 e. The lowest BCUT2D eigenvalue weighted by Gasteiger charge is -2.30. The lowest BCUT2D eigenvalue weighted by Crippen LogP contribution is -2.58. The summed E-state index contributed by atoms with van der Waals surface area (Å²) in [4.78, 5) is 85.2. The van der Waals surface area contributed by atoms with Crippen LogP contribution in [-0.2, 0) is 41.7 Å². The van der Waals surface area contributed by atoms with Gasteiger partial charge in [-0.2, -0.15) is 0 Å². The van der Waals surface area contributed by atoms with Gasteiger partial charge < -0.3 is 35.6 Å². The number of carbonyl (C=O) groups is 6. The van der Waals surface area contributed by atoms with E-state index in [2.05, 4.69) is 21.3 Å². The third-order valence-corrected chi connectivity index (χ3v) is 10.8. The van der Waals surface area contributed by atoms with Crippen LogP contribution in [0.4, 0.5) is 18.4 Å². The Balaban J connectivity index is 1.27. The summed E-state index contributed by atoms with van der Waals surface area (Å²) in [6.45, 7) is 4.99. The van der Waals surface area contributed by atoms with Crippen molar-refractivity contribution in [2.45, 2.75) is 114 Å². The summed E-state index contributed by atoms with van der Waals surface area (Å²) in [7, 11) is 1.40. The highest BCUT2D eigenvalue weighted by Gasteiger charge is 2.61. The number of likely N-dealkylation sites (N-methyl/N-ethyl adjacent to an activating group) is 1. The molecule has 4 aliphatic rings. The molecule has 306 valence electrons. The van der Waals surface area contributed by atoms with Gasteiger partial charge in [0.05, 0.1) is 13.1 Å². The van der Waals surface area contributed by atoms with Gasteiger partial charge in [0, 0.05) is 31.5 Å². The van der Waals surface area contributed by atoms with E-state index in [0.717, 1.165) is 6.42 Å². The molecule has 57 heavy (non-hydrogen) atoms. The maximum Gasteiger partial charge on any atom is 0.410 e. The largest absolute Gasteiger partial charge is 0.444 e. The molecule has 2 fully saturated rings. The average Bonchev–Trinajstić information content (AvgIpc) is 3.45. The summed E-state index contributed by atoms with van der Waals surface area (Å²) in [5.41, 5.74) is -1.01. The molecule has 0 spiro atoms. The van der Waals surface area contributed by atoms with Crippen LogP contribution in [0.15, 0.2) is 54.6 Å². The highest BCUT2D eigenvalue weighted by Crippen LogP contribution is 2.46. The summed E-state index contributed by atoms with van der Waals surface area (Å²) in [5.74, 6) is -3.93. The number of fused-ring (bicyclic) bond motifs is 3. The molecule has 14 nitrogen and oxygen atoms in total. The van der Waals surface area contributed by atoms with Crippen LogP contribution in [0.5, 0.6) is 0 Å². The number of ether oxygens (including phenoxy) is 2. The van der Waals surface area contributed by atoms with Crippen molar-refractivity contribution in [3.8, 4) is 0 Å². The number of halogens is 2. The molecule has 6 rings (SSSR count). The average molecular weight is 793 g/mol. The second-order valence-electron chi connectivity index (χ2n) is 16.1. The van der Waals surface area contributed by atoms with Crippen LogP contribution >= 0.6 is 0 Å². The zero-order valence-electron chi connectivity index (χ0n) is 32.6. The molecule has 1 aliphatic carbocycles. The van der Waals surface area contributed by atoms with E-state index < -0.39 is 88.7 Å². The second kappa shape index (κ2) is 16.9. The Morgan fingerprint density at radius 3 is 2.46 bits per heavy atom. The van der Waals surface area contributed by atoms with E-state index in [1.807, 2.05) is 12.2 Å². The number of amides is 6. The Hall–Kier alpha value is -5.54. The number of benzene rings is 2. The molecule has 16 heteroatoms. The van der Waals surface area contributed by atoms with Crippen molar-refractivity contribution in [2.75, 3.05) is 13.6 Å². The zero-order valence-corrected chi connectivity index (χ0v) is 32.6. The topological polar surface area (TPSA) is 175 Å². The zero-order chi connectivity index (χ0) is 41.1. The quantitative estimate of drug-likeness (QED) is 0.314. The van der Waals surface area contributed by atoms with Crippen LogP contribution < -0.4 is 21.3 Å². The first kappa shape index (κ1) is 41.1. The molecule has 1 saturated carbocycles. The molecular weight excluding hydrogens is 742 g/mol. The first-order valence-electron chi connectivity index (χ1n) is 19.4. The van der Waals surface area contributed by atoms with Gasteiger partial charge in [-0.15, -0.1) is 0 Å². The second-order valence-corrected chi connectivity index (χ2v) is 16.1. The molecule has 4 N–H and O–H groups in total. The molecule has 2 aromatic rings. The van der Waals surface area contributed by atoms with Crippen LogP contribution in [0.3, 0.4) is 0 Å².